The van der Waals surface area contributed by atoms with E-state index in [0.29, 0.717) is 0 Å². The van der Waals surface area contributed by atoms with Crippen LogP contribution >= 0.6 is 0 Å². The number of carbonyl (C=O) groups excluding carboxylic acids is 1. The molecule has 4 nitrogen and oxygen atoms in total. The summed E-state index contributed by atoms with van der Waals surface area (Å²) in [7, 11) is 2.09. The Morgan fingerprint density at radius 3 is 2.57 bits per heavy atom. The van der Waals surface area contributed by atoms with Crippen LogP contribution in [0.3, 0.4) is 0 Å². The maximum Gasteiger partial charge on any atom is 0.236 e. The highest BCUT2D eigenvalue weighted by Gasteiger charge is 2.10. The summed E-state index contributed by atoms with van der Waals surface area (Å²) in [6, 6.07) is 10.2. The third-order valence-corrected chi connectivity index (χ3v) is 3.54. The molecule has 21 heavy (non-hydrogen) atoms. The van der Waals surface area contributed by atoms with Crippen LogP contribution in [0.5, 0.6) is 0 Å². The molecule has 0 saturated carbocycles. The summed E-state index contributed by atoms with van der Waals surface area (Å²) < 4.78 is 0. The van der Waals surface area contributed by atoms with Gasteiger partial charge in [0.1, 0.15) is 0 Å². The van der Waals surface area contributed by atoms with Crippen molar-refractivity contribution in [2.45, 2.75) is 39.2 Å². The molecule has 118 valence electrons. The molecule has 0 heterocycles. The number of para-hydroxylation sites is 1. The summed E-state index contributed by atoms with van der Waals surface area (Å²) in [4.78, 5) is 14.0. The molecule has 0 aromatic heterocycles. The number of nitrogens with one attached hydrogen (secondary N) is 2. The monoisotopic (exact) mass is 291 g/mol. The number of anilines is 1. The van der Waals surface area contributed by atoms with Gasteiger partial charge in [0, 0.05) is 25.8 Å². The molecule has 0 aliphatic rings. The standard InChI is InChI=1S/C17H29N3O/c1-4-5-12-19-17(21)15(2)18-13-9-14-20(3)16-10-7-6-8-11-16/h6-8,10-11,15,18H,4-5,9,12-14H2,1-3H3,(H,19,21). The van der Waals surface area contributed by atoms with Crippen LogP contribution in [0.25, 0.3) is 0 Å². The van der Waals surface area contributed by atoms with Crippen molar-refractivity contribution < 1.29 is 4.79 Å². The molecule has 0 spiro atoms. The molecule has 0 saturated heterocycles. The molecule has 4 heteroatoms. The van der Waals surface area contributed by atoms with Crippen LogP contribution in [-0.2, 0) is 4.79 Å². The van der Waals surface area contributed by atoms with E-state index in [2.05, 4.69) is 41.6 Å². The summed E-state index contributed by atoms with van der Waals surface area (Å²) in [5.74, 6) is 0.0971. The number of unbranched alkanes of at least 4 members (excludes halogenated alkanes) is 1. The van der Waals surface area contributed by atoms with E-state index in [-0.39, 0.29) is 11.9 Å². The van der Waals surface area contributed by atoms with Gasteiger partial charge in [-0.05, 0) is 38.4 Å². The van der Waals surface area contributed by atoms with Gasteiger partial charge >= 0.3 is 0 Å². The molecule has 0 aliphatic carbocycles. The molecule has 1 rings (SSSR count). The van der Waals surface area contributed by atoms with E-state index in [1.807, 2.05) is 25.1 Å². The van der Waals surface area contributed by atoms with E-state index < -0.39 is 0 Å². The smallest absolute Gasteiger partial charge is 0.236 e. The normalized spacial score (nSPS) is 12.0. The summed E-state index contributed by atoms with van der Waals surface area (Å²) in [5.41, 5.74) is 1.22. The fourth-order valence-electron chi connectivity index (χ4n) is 2.08. The third kappa shape index (κ3) is 7.14. The fourth-order valence-corrected chi connectivity index (χ4v) is 2.08. The van der Waals surface area contributed by atoms with Gasteiger partial charge in [0.25, 0.3) is 0 Å². The Kier molecular flexibility index (Phi) is 8.51. The zero-order chi connectivity index (χ0) is 15.5. The van der Waals surface area contributed by atoms with Gasteiger partial charge < -0.3 is 15.5 Å². The van der Waals surface area contributed by atoms with Crippen molar-refractivity contribution >= 4 is 11.6 Å². The largest absolute Gasteiger partial charge is 0.375 e. The molecule has 1 aromatic carbocycles. The van der Waals surface area contributed by atoms with Gasteiger partial charge in [-0.25, -0.2) is 0 Å². The van der Waals surface area contributed by atoms with Gasteiger partial charge in [0.15, 0.2) is 0 Å². The first-order valence-corrected chi connectivity index (χ1v) is 7.92. The number of hydrogen-bond donors (Lipinski definition) is 2. The first-order chi connectivity index (χ1) is 10.1. The molecule has 0 bridgehead atoms. The Hall–Kier alpha value is -1.55. The second-order valence-corrected chi connectivity index (χ2v) is 5.43. The number of benzene rings is 1. The van der Waals surface area contributed by atoms with Crippen molar-refractivity contribution in [3.05, 3.63) is 30.3 Å². The average Bonchev–Trinajstić information content (AvgIpc) is 2.52. The van der Waals surface area contributed by atoms with Crippen LogP contribution in [0.4, 0.5) is 5.69 Å². The SMILES string of the molecule is CCCCNC(=O)C(C)NCCCN(C)c1ccccc1. The molecular weight excluding hydrogens is 262 g/mol. The first-order valence-electron chi connectivity index (χ1n) is 7.92. The van der Waals surface area contributed by atoms with Crippen molar-refractivity contribution in [3.63, 3.8) is 0 Å². The Bertz CT molecular complexity index is 394. The van der Waals surface area contributed by atoms with Crippen molar-refractivity contribution in [2.24, 2.45) is 0 Å². The molecule has 1 aromatic rings. The minimum Gasteiger partial charge on any atom is -0.375 e. The van der Waals surface area contributed by atoms with Crippen LogP contribution in [0.15, 0.2) is 30.3 Å². The average molecular weight is 291 g/mol. The number of carbonyl (C=O) groups is 1. The number of nitrogens with zero attached hydrogens (tertiary/aromatic N) is 1. The number of amides is 1. The van der Waals surface area contributed by atoms with Crippen molar-refractivity contribution in [1.29, 1.82) is 0 Å². The molecular formula is C17H29N3O. The predicted octanol–water partition coefficient (Wildman–Crippen LogP) is 2.41. The highest BCUT2D eigenvalue weighted by molar-refractivity contribution is 5.81. The summed E-state index contributed by atoms with van der Waals surface area (Å²) >= 11 is 0. The zero-order valence-electron chi connectivity index (χ0n) is 13.6. The molecule has 0 radical (unpaired) electrons. The van der Waals surface area contributed by atoms with Gasteiger partial charge in [0.2, 0.25) is 5.91 Å². The van der Waals surface area contributed by atoms with Crippen LogP contribution in [0, 0.1) is 0 Å². The number of hydrogen-bond acceptors (Lipinski definition) is 3. The Morgan fingerprint density at radius 1 is 1.19 bits per heavy atom. The van der Waals surface area contributed by atoms with Gasteiger partial charge in [-0.2, -0.15) is 0 Å². The Balaban J connectivity index is 2.14. The van der Waals surface area contributed by atoms with E-state index in [4.69, 9.17) is 0 Å². The Labute approximate surface area is 128 Å². The highest BCUT2D eigenvalue weighted by Crippen LogP contribution is 2.10. The van der Waals surface area contributed by atoms with Crippen molar-refractivity contribution in [1.82, 2.24) is 10.6 Å². The second-order valence-electron chi connectivity index (χ2n) is 5.43. The van der Waals surface area contributed by atoms with Gasteiger partial charge in [-0.1, -0.05) is 31.5 Å². The van der Waals surface area contributed by atoms with Gasteiger partial charge in [0.05, 0.1) is 6.04 Å². The maximum absolute atomic E-state index is 11.8. The lowest BCUT2D eigenvalue weighted by Gasteiger charge is -2.20. The molecule has 0 aliphatic heterocycles. The van der Waals surface area contributed by atoms with Crippen LogP contribution in [0.2, 0.25) is 0 Å². The topological polar surface area (TPSA) is 44.4 Å². The lowest BCUT2D eigenvalue weighted by molar-refractivity contribution is -0.122. The van der Waals surface area contributed by atoms with Gasteiger partial charge in [-0.3, -0.25) is 4.79 Å². The summed E-state index contributed by atoms with van der Waals surface area (Å²) in [5, 5.41) is 6.22. The molecule has 1 atom stereocenters. The molecule has 1 unspecified atom stereocenters. The number of rotatable bonds is 10. The van der Waals surface area contributed by atoms with E-state index in [9.17, 15) is 4.79 Å². The minimum absolute atomic E-state index is 0.0971. The lowest BCUT2D eigenvalue weighted by Crippen LogP contribution is -2.43. The summed E-state index contributed by atoms with van der Waals surface area (Å²) in [6.07, 6.45) is 3.16. The van der Waals surface area contributed by atoms with Crippen LogP contribution in [-0.4, -0.2) is 38.6 Å². The fraction of sp³-hybridized carbons (Fsp3) is 0.588. The third-order valence-electron chi connectivity index (χ3n) is 3.54. The highest BCUT2D eigenvalue weighted by atomic mass is 16.2. The first kappa shape index (κ1) is 17.5. The lowest BCUT2D eigenvalue weighted by atomic mass is 10.2. The van der Waals surface area contributed by atoms with Crippen LogP contribution < -0.4 is 15.5 Å². The zero-order valence-corrected chi connectivity index (χ0v) is 13.6. The van der Waals surface area contributed by atoms with Crippen molar-refractivity contribution in [2.75, 3.05) is 31.6 Å². The van der Waals surface area contributed by atoms with E-state index >= 15 is 0 Å². The Morgan fingerprint density at radius 2 is 1.90 bits per heavy atom. The minimum atomic E-state index is -0.121. The van der Waals surface area contributed by atoms with E-state index in [0.717, 1.165) is 38.9 Å². The molecule has 0 fully saturated rings. The van der Waals surface area contributed by atoms with Crippen LogP contribution in [0.1, 0.15) is 33.1 Å². The van der Waals surface area contributed by atoms with E-state index in [1.165, 1.54) is 5.69 Å². The quantitative estimate of drug-likeness (QED) is 0.651. The predicted molar refractivity (Wildman–Crippen MR) is 89.7 cm³/mol. The van der Waals surface area contributed by atoms with Crippen molar-refractivity contribution in [3.8, 4) is 0 Å². The molecule has 1 amide bonds. The second kappa shape index (κ2) is 10.2. The van der Waals surface area contributed by atoms with Gasteiger partial charge in [-0.15, -0.1) is 0 Å². The van der Waals surface area contributed by atoms with E-state index in [1.54, 1.807) is 0 Å². The maximum atomic E-state index is 11.8. The molecule has 2 N–H and O–H groups in total. The summed E-state index contributed by atoms with van der Waals surface area (Å²) in [6.45, 7) is 6.64.